The molecule has 2 radical (unpaired) electrons. The quantitative estimate of drug-likeness (QED) is 0.0273. The topological polar surface area (TPSA) is 91.0 Å². The summed E-state index contributed by atoms with van der Waals surface area (Å²) in [5.41, 5.74) is 29.4. The minimum atomic E-state index is -0.506. The average Bonchev–Trinajstić information content (AvgIpc) is 1.57. The van der Waals surface area contributed by atoms with E-state index in [0.29, 0.717) is 0 Å². The monoisotopic (exact) mass is 1590 g/mol. The number of pyridine rings is 2. The fraction of sp³-hybridized carbons (Fsp3) is 0.259. The van der Waals surface area contributed by atoms with Crippen LogP contribution < -0.4 is 0 Å². The number of thiophene rings is 2. The predicted octanol–water partition coefficient (Wildman–Crippen LogP) is 22.1. The smallest absolute Gasteiger partial charge is 0.124 e. The Morgan fingerprint density at radius 2 is 0.912 bits per heavy atom. The number of hydrogen-bond donors (Lipinski definition) is 2. The minimum absolute atomic E-state index is 0. The van der Waals surface area contributed by atoms with Gasteiger partial charge in [-0.15, -0.1) is 47.2 Å². The molecule has 0 saturated carbocycles. The molecule has 10 aromatic rings. The van der Waals surface area contributed by atoms with Gasteiger partial charge in [-0.3, -0.25) is 9.98 Å². The van der Waals surface area contributed by atoms with Gasteiger partial charge >= 0.3 is 0 Å². The first-order chi connectivity index (χ1) is 43.8. The molecule has 4 heterocycles. The van der Waals surface area contributed by atoms with Crippen LogP contribution >= 0.6 is 22.7 Å². The van der Waals surface area contributed by atoms with Crippen LogP contribution in [0.5, 0.6) is 11.5 Å². The van der Waals surface area contributed by atoms with Crippen LogP contribution in [0.2, 0.25) is 0 Å². The number of rotatable bonds is 24. The number of fused-ring (bicyclic) bond motifs is 5. The van der Waals surface area contributed by atoms with E-state index in [1.54, 1.807) is 34.8 Å². The van der Waals surface area contributed by atoms with Crippen molar-refractivity contribution in [2.24, 2.45) is 9.98 Å². The molecule has 0 amide bonds. The van der Waals surface area contributed by atoms with E-state index >= 15 is 0 Å². The Hall–Kier alpha value is -7.80. The zero-order valence-corrected chi connectivity index (χ0v) is 58.7. The van der Waals surface area contributed by atoms with Crippen LogP contribution in [-0.2, 0) is 45.6 Å². The van der Waals surface area contributed by atoms with Crippen molar-refractivity contribution in [2.45, 2.75) is 122 Å². The third-order valence-corrected chi connectivity index (χ3v) is 18.0. The molecule has 6 aromatic carbocycles. The van der Waals surface area contributed by atoms with E-state index in [4.69, 9.17) is 0 Å². The van der Waals surface area contributed by atoms with Crippen molar-refractivity contribution in [3.63, 3.8) is 0 Å². The maximum absolute atomic E-state index is 10.8. The molecule has 6 nitrogen and oxygen atoms in total. The number of hydrogen-bond acceptors (Lipinski definition) is 8. The van der Waals surface area contributed by atoms with E-state index in [1.807, 2.05) is 97.6 Å². The summed E-state index contributed by atoms with van der Waals surface area (Å²) in [4.78, 5) is 20.2. The molecule has 1 aliphatic carbocycles. The summed E-state index contributed by atoms with van der Waals surface area (Å²) in [5.74, 6) is 0.460. The zero-order chi connectivity index (χ0) is 61.9. The van der Waals surface area contributed by atoms with Crippen LogP contribution in [0, 0.1) is 12.1 Å². The van der Waals surface area contributed by atoms with Gasteiger partial charge in [0.1, 0.15) is 11.5 Å². The Morgan fingerprint density at radius 3 is 1.37 bits per heavy atom. The van der Waals surface area contributed by atoms with Crippen LogP contribution in [0.15, 0.2) is 227 Å². The van der Waals surface area contributed by atoms with Gasteiger partial charge in [0.05, 0.1) is 0 Å². The zero-order valence-electron chi connectivity index (χ0n) is 52.3. The van der Waals surface area contributed by atoms with Gasteiger partial charge in [0, 0.05) is 106 Å². The first-order valence-electron chi connectivity index (χ1n) is 31.5. The fourth-order valence-corrected chi connectivity index (χ4v) is 13.1. The predicted molar refractivity (Wildman–Crippen MR) is 377 cm³/mol. The van der Waals surface area contributed by atoms with Gasteiger partial charge in [0.15, 0.2) is 0 Å². The third-order valence-electron chi connectivity index (χ3n) is 15.8. The maximum Gasteiger partial charge on any atom is 0.124 e. The summed E-state index contributed by atoms with van der Waals surface area (Å²) in [5, 5.41) is 24.0. The van der Waals surface area contributed by atoms with Crippen molar-refractivity contribution < 1.29 is 50.4 Å². The van der Waals surface area contributed by atoms with Crippen molar-refractivity contribution in [1.82, 2.24) is 9.97 Å². The molecule has 11 rings (SSSR count). The van der Waals surface area contributed by atoms with E-state index in [1.165, 1.54) is 107 Å². The summed E-state index contributed by atoms with van der Waals surface area (Å²) in [6.45, 7) is 11.8. The average molecular weight is 1590 g/mol. The summed E-state index contributed by atoms with van der Waals surface area (Å²) < 4.78 is 2.52. The van der Waals surface area contributed by atoms with Gasteiger partial charge in [-0.1, -0.05) is 194 Å². The molecule has 10 heteroatoms. The number of aromatic hydroxyl groups is 2. The number of benzene rings is 6. The molecular formula is C81H78Ir2N4O2S2-2. The van der Waals surface area contributed by atoms with Gasteiger partial charge in [-0.2, -0.15) is 0 Å². The molecule has 0 bridgehead atoms. The van der Waals surface area contributed by atoms with Crippen LogP contribution in [-0.4, -0.2) is 45.7 Å². The first kappa shape index (κ1) is 70.7. The van der Waals surface area contributed by atoms with Crippen molar-refractivity contribution in [3.8, 4) is 66.0 Å². The van der Waals surface area contributed by atoms with Crippen LogP contribution in [0.3, 0.4) is 0 Å². The molecule has 466 valence electrons. The molecule has 91 heavy (non-hydrogen) atoms. The van der Waals surface area contributed by atoms with E-state index in [0.717, 1.165) is 99.7 Å². The third kappa shape index (κ3) is 19.6. The Labute approximate surface area is 574 Å². The van der Waals surface area contributed by atoms with Crippen molar-refractivity contribution in [1.29, 1.82) is 0 Å². The number of phenols is 2. The van der Waals surface area contributed by atoms with Gasteiger partial charge in [0.2, 0.25) is 0 Å². The molecule has 0 saturated heterocycles. The van der Waals surface area contributed by atoms with E-state index in [9.17, 15) is 10.2 Å². The molecule has 0 atom stereocenters. The molecule has 2 N–H and O–H groups in total. The van der Waals surface area contributed by atoms with Gasteiger partial charge in [0.25, 0.3) is 0 Å². The number of phenolic OH excluding ortho intramolecular Hbond substituents is 2. The fourth-order valence-electron chi connectivity index (χ4n) is 11.1. The molecular weight excluding hydrogens is 1510 g/mol. The Morgan fingerprint density at radius 1 is 0.484 bits per heavy atom. The Bertz CT molecular complexity index is 3970. The molecule has 0 spiro atoms. The molecule has 4 aromatic heterocycles. The van der Waals surface area contributed by atoms with E-state index < -0.39 is 5.41 Å². The number of aliphatic imine (C=N–C) groups is 2. The Balaban J connectivity index is 0.000000293. The second-order valence-corrected chi connectivity index (χ2v) is 24.4. The number of unbranched alkanes of at least 4 members (excludes halogenated alkanes) is 11. The Kier molecular flexibility index (Phi) is 29.1. The van der Waals surface area contributed by atoms with Crippen molar-refractivity contribution >= 4 is 55.3 Å². The number of allylic oxidation sites excluding steroid dienone is 1. The SMILES string of the molecule is C=C=C=C=C=C=C=CC1(CCCCCCCC)c2cc(-c3ccc(O)c(C=NCCCCCC)c3)ccc2-c2ccc(-c3ccc(O)c(C=NCCCCCC)c3)cc21.[Ir].[Ir].[c-]1c(-c2ccccn2)sc2ccccc12.[c-]1c(-c2ccccn2)sc2ccccc12. The van der Waals surface area contributed by atoms with Crippen LogP contribution in [0.4, 0.5) is 0 Å². The molecule has 0 unspecified atom stereocenters. The van der Waals surface area contributed by atoms with Crippen molar-refractivity contribution in [3.05, 3.63) is 252 Å². The minimum Gasteiger partial charge on any atom is -0.507 e. The second-order valence-electron chi connectivity index (χ2n) is 22.2. The number of nitrogens with zero attached hydrogens (tertiary/aromatic N) is 4. The molecule has 1 aliphatic rings. The largest absolute Gasteiger partial charge is 0.507 e. The maximum atomic E-state index is 10.8. The summed E-state index contributed by atoms with van der Waals surface area (Å²) in [7, 11) is 0. The van der Waals surface area contributed by atoms with E-state index in [-0.39, 0.29) is 51.7 Å². The van der Waals surface area contributed by atoms with Gasteiger partial charge in [-0.25, -0.2) is 22.7 Å². The van der Waals surface area contributed by atoms with Crippen molar-refractivity contribution in [2.75, 3.05) is 13.1 Å². The normalized spacial score (nSPS) is 12.5. The van der Waals surface area contributed by atoms with Crippen LogP contribution in [0.1, 0.15) is 139 Å². The molecule has 0 aliphatic heterocycles. The molecule has 0 fully saturated rings. The summed E-state index contributed by atoms with van der Waals surface area (Å²) in [6, 6.07) is 60.4. The van der Waals surface area contributed by atoms with Crippen LogP contribution in [0.25, 0.3) is 74.7 Å². The first-order valence-corrected chi connectivity index (χ1v) is 33.2. The second kappa shape index (κ2) is 37.5. The standard InChI is InChI=1S/C55H62N2O2.2C13H8NS.2Ir/c1-5-9-13-17-19-21-33-55(34-22-20-18-14-10-6-2)51-39-45(43-27-31-53(58)47(37-43)41-56-35-23-15-11-7-3)25-29-49(51)50-30-26-46(40-52(50)55)44-28-32-54(59)48(38-44)42-57-36-24-16-12-8-4;2*1-2-7-12-10(5-1)9-13(15-12)11-6-3-4-8-14-11;;/h25-33,37-42,58-59H,1,6-8,10-12,14-16,18,20,22-24,34-36H2,2-4H3;2*1-8H;;/q;2*-1;;. The summed E-state index contributed by atoms with van der Waals surface area (Å²) >= 11 is 3.46. The summed E-state index contributed by atoms with van der Waals surface area (Å²) in [6.07, 6.45) is 26.7. The van der Waals surface area contributed by atoms with E-state index in [2.05, 4.69) is 173 Å². The number of aromatic nitrogens is 2. The van der Waals surface area contributed by atoms with Gasteiger partial charge < -0.3 is 20.2 Å². The van der Waals surface area contributed by atoms with Gasteiger partial charge in [-0.05, 0) is 167 Å².